The van der Waals surface area contributed by atoms with Crippen LogP contribution in [0.15, 0.2) is 65.6 Å². The van der Waals surface area contributed by atoms with Crippen molar-refractivity contribution < 1.29 is 0 Å². The van der Waals surface area contributed by atoms with Crippen LogP contribution in [0.4, 0.5) is 0 Å². The van der Waals surface area contributed by atoms with Gasteiger partial charge in [0.2, 0.25) is 0 Å². The van der Waals surface area contributed by atoms with Crippen LogP contribution in [0.2, 0.25) is 0 Å². The maximum absolute atomic E-state index is 2.17. The van der Waals surface area contributed by atoms with Crippen molar-refractivity contribution in [2.24, 2.45) is 0 Å². The molecule has 0 aromatic heterocycles. The van der Waals surface area contributed by atoms with Crippen molar-refractivity contribution in [3.05, 3.63) is 66.2 Å². The molecule has 2 aromatic carbocycles. The van der Waals surface area contributed by atoms with Gasteiger partial charge in [0.15, 0.2) is 0 Å². The van der Waals surface area contributed by atoms with Gasteiger partial charge in [0.1, 0.15) is 0 Å². The molecule has 0 spiro atoms. The van der Waals surface area contributed by atoms with Crippen molar-refractivity contribution in [1.29, 1.82) is 0 Å². The molecular formula is C15H18S. The number of aryl methyl sites for hydroxylation is 1. The fourth-order valence-corrected chi connectivity index (χ4v) is 1.85. The zero-order chi connectivity index (χ0) is 11.6. The molecule has 0 aliphatic heterocycles. The average molecular weight is 230 g/mol. The Labute approximate surface area is 103 Å². The van der Waals surface area contributed by atoms with Crippen LogP contribution in [-0.2, 0) is 0 Å². The first-order chi connectivity index (χ1) is 7.83. The third-order valence-electron chi connectivity index (χ3n) is 2.00. The highest BCUT2D eigenvalue weighted by atomic mass is 32.2. The first-order valence-electron chi connectivity index (χ1n) is 5.52. The van der Waals surface area contributed by atoms with Crippen molar-refractivity contribution in [1.82, 2.24) is 0 Å². The molecule has 0 amide bonds. The van der Waals surface area contributed by atoms with E-state index in [2.05, 4.69) is 38.1 Å². The summed E-state index contributed by atoms with van der Waals surface area (Å²) in [6.45, 7) is 4.28. The van der Waals surface area contributed by atoms with Crippen LogP contribution in [0.25, 0.3) is 0 Å². The highest BCUT2D eigenvalue weighted by Gasteiger charge is 1.88. The van der Waals surface area contributed by atoms with Crippen molar-refractivity contribution in [2.45, 2.75) is 18.7 Å². The van der Waals surface area contributed by atoms with Crippen molar-refractivity contribution in [2.75, 3.05) is 5.75 Å². The van der Waals surface area contributed by atoms with Crippen LogP contribution in [0, 0.1) is 6.92 Å². The normalized spacial score (nSPS) is 9.12. The molecule has 0 nitrogen and oxygen atoms in total. The van der Waals surface area contributed by atoms with E-state index >= 15 is 0 Å². The molecule has 0 atom stereocenters. The SMILES string of the molecule is CCSc1ccc(C)cc1.c1ccccc1. The zero-order valence-corrected chi connectivity index (χ0v) is 10.7. The Morgan fingerprint density at radius 1 is 0.812 bits per heavy atom. The van der Waals surface area contributed by atoms with Gasteiger partial charge in [-0.1, -0.05) is 61.0 Å². The van der Waals surface area contributed by atoms with Gasteiger partial charge in [-0.15, -0.1) is 11.8 Å². The van der Waals surface area contributed by atoms with E-state index in [1.807, 2.05) is 48.2 Å². The summed E-state index contributed by atoms with van der Waals surface area (Å²) in [4.78, 5) is 1.37. The summed E-state index contributed by atoms with van der Waals surface area (Å²) in [7, 11) is 0. The third kappa shape index (κ3) is 5.62. The molecule has 2 aromatic rings. The lowest BCUT2D eigenvalue weighted by Crippen LogP contribution is -1.73. The summed E-state index contributed by atoms with van der Waals surface area (Å²) < 4.78 is 0. The molecule has 0 radical (unpaired) electrons. The Balaban J connectivity index is 0.000000181. The van der Waals surface area contributed by atoms with E-state index in [-0.39, 0.29) is 0 Å². The minimum atomic E-state index is 1.16. The van der Waals surface area contributed by atoms with Crippen molar-refractivity contribution >= 4 is 11.8 Å². The molecular weight excluding hydrogens is 212 g/mol. The molecule has 0 heterocycles. The van der Waals surface area contributed by atoms with Gasteiger partial charge in [0.25, 0.3) is 0 Å². The van der Waals surface area contributed by atoms with Crippen molar-refractivity contribution in [3.8, 4) is 0 Å². The molecule has 0 aliphatic rings. The minimum Gasteiger partial charge on any atom is -0.126 e. The monoisotopic (exact) mass is 230 g/mol. The number of rotatable bonds is 2. The van der Waals surface area contributed by atoms with Gasteiger partial charge in [0.05, 0.1) is 0 Å². The maximum Gasteiger partial charge on any atom is 0.00720 e. The lowest BCUT2D eigenvalue weighted by molar-refractivity contribution is 1.37. The number of benzene rings is 2. The fraction of sp³-hybridized carbons (Fsp3) is 0.200. The standard InChI is InChI=1S/C9H12S.C6H6/c1-3-10-9-6-4-8(2)5-7-9;1-2-4-6-5-3-1/h4-7H,3H2,1-2H3;1-6H. The average Bonchev–Trinajstić information content (AvgIpc) is 2.35. The quantitative estimate of drug-likeness (QED) is 0.668. The van der Waals surface area contributed by atoms with E-state index in [1.165, 1.54) is 10.5 Å². The van der Waals surface area contributed by atoms with Gasteiger partial charge >= 0.3 is 0 Å². The van der Waals surface area contributed by atoms with E-state index in [0.717, 1.165) is 5.75 Å². The number of hydrogen-bond donors (Lipinski definition) is 0. The topological polar surface area (TPSA) is 0 Å². The predicted octanol–water partition coefficient (Wildman–Crippen LogP) is 4.79. The van der Waals surface area contributed by atoms with Gasteiger partial charge in [0, 0.05) is 4.90 Å². The second kappa shape index (κ2) is 8.00. The third-order valence-corrected chi connectivity index (χ3v) is 2.89. The molecule has 2 rings (SSSR count). The largest absolute Gasteiger partial charge is 0.126 e. The fourth-order valence-electron chi connectivity index (χ4n) is 1.19. The van der Waals surface area contributed by atoms with E-state index in [4.69, 9.17) is 0 Å². The van der Waals surface area contributed by atoms with E-state index < -0.39 is 0 Å². The molecule has 0 saturated carbocycles. The number of thioether (sulfide) groups is 1. The zero-order valence-electron chi connectivity index (χ0n) is 9.89. The summed E-state index contributed by atoms with van der Waals surface area (Å²) >= 11 is 1.88. The highest BCUT2D eigenvalue weighted by Crippen LogP contribution is 2.16. The van der Waals surface area contributed by atoms with Gasteiger partial charge in [-0.25, -0.2) is 0 Å². The molecule has 0 saturated heterocycles. The summed E-state index contributed by atoms with van der Waals surface area (Å²) in [6, 6.07) is 20.6. The first-order valence-corrected chi connectivity index (χ1v) is 6.51. The van der Waals surface area contributed by atoms with E-state index in [9.17, 15) is 0 Å². The van der Waals surface area contributed by atoms with Gasteiger partial charge in [-0.05, 0) is 24.8 Å². The van der Waals surface area contributed by atoms with E-state index in [0.29, 0.717) is 0 Å². The predicted molar refractivity (Wildman–Crippen MR) is 74.0 cm³/mol. The smallest absolute Gasteiger partial charge is 0.00720 e. The highest BCUT2D eigenvalue weighted by molar-refractivity contribution is 7.99. The molecule has 1 heteroatoms. The second-order valence-corrected chi connectivity index (χ2v) is 4.74. The molecule has 0 unspecified atom stereocenters. The first kappa shape index (κ1) is 12.9. The van der Waals surface area contributed by atoms with E-state index in [1.54, 1.807) is 0 Å². The summed E-state index contributed by atoms with van der Waals surface area (Å²) in [5.41, 5.74) is 1.33. The molecule has 0 aliphatic carbocycles. The lowest BCUT2D eigenvalue weighted by Gasteiger charge is -1.96. The van der Waals surface area contributed by atoms with Crippen LogP contribution < -0.4 is 0 Å². The second-order valence-electron chi connectivity index (χ2n) is 3.40. The van der Waals surface area contributed by atoms with Gasteiger partial charge in [-0.2, -0.15) is 0 Å². The number of hydrogen-bond acceptors (Lipinski definition) is 1. The summed E-state index contributed by atoms with van der Waals surface area (Å²) in [6.07, 6.45) is 0. The van der Waals surface area contributed by atoms with Gasteiger partial charge < -0.3 is 0 Å². The van der Waals surface area contributed by atoms with Crippen LogP contribution in [-0.4, -0.2) is 5.75 Å². The van der Waals surface area contributed by atoms with Crippen LogP contribution in [0.5, 0.6) is 0 Å². The molecule has 0 fully saturated rings. The van der Waals surface area contributed by atoms with Crippen LogP contribution >= 0.6 is 11.8 Å². The lowest BCUT2D eigenvalue weighted by atomic mass is 10.2. The Kier molecular flexibility index (Phi) is 6.43. The Morgan fingerprint density at radius 2 is 1.25 bits per heavy atom. The van der Waals surface area contributed by atoms with Crippen molar-refractivity contribution in [3.63, 3.8) is 0 Å². The Bertz CT molecular complexity index is 338. The maximum atomic E-state index is 2.17. The molecule has 0 bridgehead atoms. The summed E-state index contributed by atoms with van der Waals surface area (Å²) in [5, 5.41) is 0. The van der Waals surface area contributed by atoms with Crippen LogP contribution in [0.1, 0.15) is 12.5 Å². The molecule has 84 valence electrons. The Hall–Kier alpha value is -1.21. The Morgan fingerprint density at radius 3 is 1.62 bits per heavy atom. The molecule has 0 N–H and O–H groups in total. The summed E-state index contributed by atoms with van der Waals surface area (Å²) in [5.74, 6) is 1.16. The molecule has 16 heavy (non-hydrogen) atoms. The van der Waals surface area contributed by atoms with Crippen LogP contribution in [0.3, 0.4) is 0 Å². The van der Waals surface area contributed by atoms with Gasteiger partial charge in [-0.3, -0.25) is 0 Å². The minimum absolute atomic E-state index is 1.16.